The van der Waals surface area contributed by atoms with E-state index in [4.69, 9.17) is 15.2 Å². The smallest absolute Gasteiger partial charge is 0.416 e. The van der Waals surface area contributed by atoms with Crippen molar-refractivity contribution in [2.45, 2.75) is 32.2 Å². The van der Waals surface area contributed by atoms with Crippen molar-refractivity contribution >= 4 is 5.69 Å². The van der Waals surface area contributed by atoms with E-state index in [2.05, 4.69) is 11.9 Å². The molecule has 1 heterocycles. The molecule has 0 saturated carbocycles. The van der Waals surface area contributed by atoms with Crippen molar-refractivity contribution in [1.29, 1.82) is 0 Å². The molecule has 1 aliphatic heterocycles. The van der Waals surface area contributed by atoms with Crippen LogP contribution in [0.25, 0.3) is 0 Å². The van der Waals surface area contributed by atoms with Crippen LogP contribution in [-0.2, 0) is 6.18 Å². The summed E-state index contributed by atoms with van der Waals surface area (Å²) in [6.45, 7) is 7.42. The van der Waals surface area contributed by atoms with Gasteiger partial charge < -0.3 is 20.5 Å². The Morgan fingerprint density at radius 1 is 1.25 bits per heavy atom. The van der Waals surface area contributed by atoms with Crippen molar-refractivity contribution in [2.24, 2.45) is 0 Å². The van der Waals surface area contributed by atoms with Crippen LogP contribution < -0.4 is 20.5 Å². The Morgan fingerprint density at radius 3 is 2.64 bits per heavy atom. The maximum Gasteiger partial charge on any atom is 0.416 e. The zero-order valence-corrected chi connectivity index (χ0v) is 15.4. The molecule has 0 amide bonds. The van der Waals surface area contributed by atoms with Gasteiger partial charge in [0.25, 0.3) is 0 Å². The van der Waals surface area contributed by atoms with Crippen LogP contribution in [0.5, 0.6) is 11.5 Å². The molecule has 0 aliphatic carbocycles. The number of alkyl halides is 3. The SMILES string of the molecule is C=C(NC(C)c1cc(C)c(N)cc1F)C1COc2cc(C(F)(F)F)ccc2O1. The zero-order valence-electron chi connectivity index (χ0n) is 15.4. The summed E-state index contributed by atoms with van der Waals surface area (Å²) in [5, 5.41) is 3.06. The number of nitrogens with two attached hydrogens (primary N) is 1. The van der Waals surface area contributed by atoms with Gasteiger partial charge in [0, 0.05) is 16.9 Å². The molecule has 3 rings (SSSR count). The molecule has 1 aliphatic rings. The fourth-order valence-corrected chi connectivity index (χ4v) is 2.92. The third-order valence-electron chi connectivity index (χ3n) is 4.57. The second-order valence-electron chi connectivity index (χ2n) is 6.70. The van der Waals surface area contributed by atoms with E-state index in [-0.39, 0.29) is 18.1 Å². The summed E-state index contributed by atoms with van der Waals surface area (Å²) >= 11 is 0. The molecule has 0 saturated heterocycles. The average Bonchev–Trinajstić information content (AvgIpc) is 2.62. The number of ether oxygens (including phenoxy) is 2. The molecule has 2 aromatic rings. The second-order valence-corrected chi connectivity index (χ2v) is 6.70. The van der Waals surface area contributed by atoms with E-state index in [0.717, 1.165) is 17.7 Å². The first-order chi connectivity index (χ1) is 13.1. The van der Waals surface area contributed by atoms with Crippen molar-refractivity contribution in [1.82, 2.24) is 5.32 Å². The fraction of sp³-hybridized carbons (Fsp3) is 0.300. The van der Waals surface area contributed by atoms with E-state index in [1.54, 1.807) is 19.9 Å². The van der Waals surface area contributed by atoms with E-state index >= 15 is 0 Å². The molecule has 150 valence electrons. The Hall–Kier alpha value is -2.90. The predicted octanol–water partition coefficient (Wildman–Crippen LogP) is 4.74. The minimum absolute atomic E-state index is 0.0177. The van der Waals surface area contributed by atoms with Crippen LogP contribution in [0.2, 0.25) is 0 Å². The molecule has 0 spiro atoms. The third kappa shape index (κ3) is 4.00. The van der Waals surface area contributed by atoms with Gasteiger partial charge in [-0.3, -0.25) is 0 Å². The highest BCUT2D eigenvalue weighted by atomic mass is 19.4. The zero-order chi connectivity index (χ0) is 20.6. The maximum atomic E-state index is 14.2. The van der Waals surface area contributed by atoms with Crippen LogP contribution in [0.1, 0.15) is 29.7 Å². The number of nitrogens with one attached hydrogen (secondary N) is 1. The minimum atomic E-state index is -4.46. The van der Waals surface area contributed by atoms with Crippen molar-refractivity contribution < 1.29 is 27.0 Å². The summed E-state index contributed by atoms with van der Waals surface area (Å²) in [5.41, 5.74) is 6.85. The largest absolute Gasteiger partial charge is 0.485 e. The minimum Gasteiger partial charge on any atom is -0.485 e. The normalized spacial score (nSPS) is 17.1. The molecule has 2 atom stereocenters. The number of halogens is 4. The first-order valence-electron chi connectivity index (χ1n) is 8.58. The standard InChI is InChI=1S/C20H20F4N2O2/c1-10-6-14(15(21)8-16(10)25)11(2)26-12(3)19-9-27-18-7-13(20(22,23)24)4-5-17(18)28-19/h4-8,11,19,26H,3,9,25H2,1-2H3. The Kier molecular flexibility index (Phi) is 5.14. The van der Waals surface area contributed by atoms with Crippen molar-refractivity contribution in [3.05, 3.63) is 65.1 Å². The summed E-state index contributed by atoms with van der Waals surface area (Å²) in [5.74, 6) is -0.233. The summed E-state index contributed by atoms with van der Waals surface area (Å²) in [6.07, 6.45) is -5.10. The summed E-state index contributed by atoms with van der Waals surface area (Å²) in [7, 11) is 0. The Labute approximate surface area is 159 Å². The van der Waals surface area contributed by atoms with Gasteiger partial charge in [-0.05, 0) is 49.7 Å². The van der Waals surface area contributed by atoms with Crippen LogP contribution in [0, 0.1) is 12.7 Å². The van der Waals surface area contributed by atoms with Gasteiger partial charge in [-0.1, -0.05) is 6.58 Å². The highest BCUT2D eigenvalue weighted by Crippen LogP contribution is 2.39. The quantitative estimate of drug-likeness (QED) is 0.579. The van der Waals surface area contributed by atoms with Gasteiger partial charge in [-0.2, -0.15) is 13.2 Å². The molecule has 0 radical (unpaired) electrons. The van der Waals surface area contributed by atoms with E-state index in [1.807, 2.05) is 0 Å². The summed E-state index contributed by atoms with van der Waals surface area (Å²) in [6, 6.07) is 5.53. The topological polar surface area (TPSA) is 56.5 Å². The second kappa shape index (κ2) is 7.26. The molecule has 2 aromatic carbocycles. The fourth-order valence-electron chi connectivity index (χ4n) is 2.92. The predicted molar refractivity (Wildman–Crippen MR) is 97.6 cm³/mol. The Bertz CT molecular complexity index is 912. The number of fused-ring (bicyclic) bond motifs is 1. The lowest BCUT2D eigenvalue weighted by Gasteiger charge is -2.30. The number of rotatable bonds is 4. The first-order valence-corrected chi connectivity index (χ1v) is 8.58. The highest BCUT2D eigenvalue weighted by Gasteiger charge is 2.33. The van der Waals surface area contributed by atoms with Crippen LogP contribution >= 0.6 is 0 Å². The van der Waals surface area contributed by atoms with Gasteiger partial charge in [0.2, 0.25) is 0 Å². The van der Waals surface area contributed by atoms with Crippen molar-refractivity contribution in [3.63, 3.8) is 0 Å². The molecular formula is C20H20F4N2O2. The van der Waals surface area contributed by atoms with E-state index in [0.29, 0.717) is 16.9 Å². The van der Waals surface area contributed by atoms with E-state index in [9.17, 15) is 17.6 Å². The van der Waals surface area contributed by atoms with Crippen LogP contribution in [0.15, 0.2) is 42.6 Å². The highest BCUT2D eigenvalue weighted by molar-refractivity contribution is 5.49. The number of hydrogen-bond donors (Lipinski definition) is 2. The molecule has 8 heteroatoms. The van der Waals surface area contributed by atoms with Crippen LogP contribution in [0.3, 0.4) is 0 Å². The van der Waals surface area contributed by atoms with E-state index < -0.39 is 29.7 Å². The van der Waals surface area contributed by atoms with Crippen LogP contribution in [-0.4, -0.2) is 12.7 Å². The Morgan fingerprint density at radius 2 is 1.96 bits per heavy atom. The molecule has 0 bridgehead atoms. The monoisotopic (exact) mass is 396 g/mol. The molecule has 28 heavy (non-hydrogen) atoms. The molecule has 0 aromatic heterocycles. The lowest BCUT2D eigenvalue weighted by molar-refractivity contribution is -0.137. The van der Waals surface area contributed by atoms with Crippen molar-refractivity contribution in [2.75, 3.05) is 12.3 Å². The van der Waals surface area contributed by atoms with Gasteiger partial charge in [0.15, 0.2) is 17.6 Å². The molecular weight excluding hydrogens is 376 g/mol. The van der Waals surface area contributed by atoms with Crippen LogP contribution in [0.4, 0.5) is 23.2 Å². The third-order valence-corrected chi connectivity index (χ3v) is 4.57. The number of benzene rings is 2. The number of hydrogen-bond acceptors (Lipinski definition) is 4. The lowest BCUT2D eigenvalue weighted by atomic mass is 10.0. The van der Waals surface area contributed by atoms with Gasteiger partial charge >= 0.3 is 6.18 Å². The average molecular weight is 396 g/mol. The summed E-state index contributed by atoms with van der Waals surface area (Å²) in [4.78, 5) is 0. The van der Waals surface area contributed by atoms with Gasteiger partial charge in [-0.15, -0.1) is 0 Å². The van der Waals surface area contributed by atoms with Crippen molar-refractivity contribution in [3.8, 4) is 11.5 Å². The molecule has 4 nitrogen and oxygen atoms in total. The van der Waals surface area contributed by atoms with E-state index in [1.165, 1.54) is 12.1 Å². The maximum absolute atomic E-state index is 14.2. The summed E-state index contributed by atoms with van der Waals surface area (Å²) < 4.78 is 63.7. The molecule has 0 fully saturated rings. The molecule has 2 unspecified atom stereocenters. The first kappa shape index (κ1) is 19.9. The number of aryl methyl sites for hydroxylation is 1. The van der Waals surface area contributed by atoms with Gasteiger partial charge in [-0.25, -0.2) is 4.39 Å². The van der Waals surface area contributed by atoms with Gasteiger partial charge in [0.05, 0.1) is 11.6 Å². The molecule has 3 N–H and O–H groups in total. The Balaban J connectivity index is 1.70. The number of nitrogen functional groups attached to an aromatic ring is 1. The lowest BCUT2D eigenvalue weighted by Crippen LogP contribution is -2.37. The van der Waals surface area contributed by atoms with Gasteiger partial charge in [0.1, 0.15) is 12.4 Å². The number of anilines is 1.